The van der Waals surface area contributed by atoms with E-state index >= 15 is 0 Å². The first kappa shape index (κ1) is 18.7. The van der Waals surface area contributed by atoms with Gasteiger partial charge in [-0.2, -0.15) is 0 Å². The number of carbonyl (C=O) groups excluding carboxylic acids is 1. The van der Waals surface area contributed by atoms with Gasteiger partial charge in [0, 0.05) is 12.1 Å². The fourth-order valence-corrected chi connectivity index (χ4v) is 4.13. The first-order valence-corrected chi connectivity index (χ1v) is 9.29. The van der Waals surface area contributed by atoms with Crippen LogP contribution in [0.25, 0.3) is 0 Å². The van der Waals surface area contributed by atoms with Crippen LogP contribution in [0.2, 0.25) is 0 Å². The van der Waals surface area contributed by atoms with Crippen molar-refractivity contribution in [1.29, 1.82) is 0 Å². The van der Waals surface area contributed by atoms with Gasteiger partial charge in [-0.3, -0.25) is 4.79 Å². The topological polar surface area (TPSA) is 76.1 Å². The molecule has 1 heterocycles. The molecule has 26 heavy (non-hydrogen) atoms. The minimum absolute atomic E-state index is 0.00855. The highest BCUT2D eigenvalue weighted by atomic mass is 16.5. The summed E-state index contributed by atoms with van der Waals surface area (Å²) in [5.41, 5.74) is 2.00. The second-order valence-electron chi connectivity index (χ2n) is 7.44. The van der Waals surface area contributed by atoms with E-state index in [1.165, 1.54) is 6.42 Å². The van der Waals surface area contributed by atoms with Gasteiger partial charge in [-0.1, -0.05) is 19.3 Å². The third kappa shape index (κ3) is 4.01. The van der Waals surface area contributed by atoms with Crippen LogP contribution in [0.15, 0.2) is 12.1 Å². The maximum atomic E-state index is 13.0. The predicted molar refractivity (Wildman–Crippen MR) is 96.7 cm³/mol. The minimum Gasteiger partial charge on any atom is -0.481 e. The van der Waals surface area contributed by atoms with Gasteiger partial charge >= 0.3 is 5.97 Å². The lowest BCUT2D eigenvalue weighted by Gasteiger charge is -2.45. The molecule has 1 saturated carbocycles. The quantitative estimate of drug-likeness (QED) is 0.892. The maximum Gasteiger partial charge on any atom is 0.341 e. The second-order valence-corrected chi connectivity index (χ2v) is 7.44. The van der Waals surface area contributed by atoms with Crippen LogP contribution in [0.1, 0.15) is 53.6 Å². The van der Waals surface area contributed by atoms with Crippen molar-refractivity contribution in [3.8, 4) is 5.75 Å². The number of aliphatic carboxylic acids is 1. The van der Waals surface area contributed by atoms with Gasteiger partial charge in [0.1, 0.15) is 5.75 Å². The van der Waals surface area contributed by atoms with E-state index in [2.05, 4.69) is 0 Å². The van der Waals surface area contributed by atoms with Gasteiger partial charge < -0.3 is 19.5 Å². The number of aryl methyl sites for hydroxylation is 2. The fourth-order valence-electron chi connectivity index (χ4n) is 4.13. The summed E-state index contributed by atoms with van der Waals surface area (Å²) in [6.07, 6.45) is 5.62. The zero-order valence-corrected chi connectivity index (χ0v) is 15.5. The van der Waals surface area contributed by atoms with Crippen LogP contribution in [0.5, 0.6) is 5.75 Å². The van der Waals surface area contributed by atoms with E-state index in [1.54, 1.807) is 12.1 Å². The number of amides is 1. The second kappa shape index (κ2) is 7.66. The highest BCUT2D eigenvalue weighted by molar-refractivity contribution is 5.95. The number of benzene rings is 1. The van der Waals surface area contributed by atoms with Crippen LogP contribution < -0.4 is 4.74 Å². The number of hydrogen-bond donors (Lipinski definition) is 1. The van der Waals surface area contributed by atoms with Crippen LogP contribution in [0.3, 0.4) is 0 Å². The Kier molecular flexibility index (Phi) is 5.51. The molecule has 1 saturated heterocycles. The van der Waals surface area contributed by atoms with Crippen molar-refractivity contribution >= 4 is 11.9 Å². The number of ether oxygens (including phenoxy) is 2. The molecule has 0 atom stereocenters. The average Bonchev–Trinajstić information content (AvgIpc) is 2.60. The number of carboxylic acids is 1. The number of nitrogens with zero attached hydrogens (tertiary/aromatic N) is 1. The number of rotatable bonds is 4. The van der Waals surface area contributed by atoms with Gasteiger partial charge in [-0.05, 0) is 49.9 Å². The summed E-state index contributed by atoms with van der Waals surface area (Å²) in [7, 11) is 0. The van der Waals surface area contributed by atoms with Crippen molar-refractivity contribution in [2.24, 2.45) is 0 Å². The highest BCUT2D eigenvalue weighted by Gasteiger charge is 2.39. The summed E-state index contributed by atoms with van der Waals surface area (Å²) in [5, 5.41) is 8.79. The lowest BCUT2D eigenvalue weighted by molar-refractivity contribution is -0.139. The zero-order chi connectivity index (χ0) is 18.7. The molecule has 0 bridgehead atoms. The molecule has 2 fully saturated rings. The summed E-state index contributed by atoms with van der Waals surface area (Å²) in [4.78, 5) is 25.7. The normalized spacial score (nSPS) is 19.4. The lowest BCUT2D eigenvalue weighted by atomic mass is 9.83. The van der Waals surface area contributed by atoms with E-state index in [0.717, 1.165) is 36.8 Å². The van der Waals surface area contributed by atoms with Crippen molar-refractivity contribution in [2.45, 2.75) is 51.6 Å². The SMILES string of the molecule is Cc1cc(C(=O)N2CCOC3(CCCCC3)C2)cc(C)c1OCC(=O)O. The molecule has 1 spiro atoms. The Balaban J connectivity index is 1.75. The Hall–Kier alpha value is -2.08. The molecule has 1 aromatic carbocycles. The Bertz CT molecular complexity index is 665. The molecule has 6 heteroatoms. The Labute approximate surface area is 154 Å². The molecular weight excluding hydrogens is 334 g/mol. The molecule has 1 aliphatic carbocycles. The standard InChI is InChI=1S/C20H27NO5/c1-14-10-16(11-15(2)18(14)25-12-17(22)23)19(24)21-8-9-26-20(13-21)6-4-3-5-7-20/h10-11H,3-9,12-13H2,1-2H3,(H,22,23). The summed E-state index contributed by atoms with van der Waals surface area (Å²) in [6, 6.07) is 3.57. The number of hydrogen-bond acceptors (Lipinski definition) is 4. The monoisotopic (exact) mass is 361 g/mol. The zero-order valence-electron chi connectivity index (χ0n) is 15.5. The number of morpholine rings is 1. The van der Waals surface area contributed by atoms with Crippen molar-refractivity contribution < 1.29 is 24.2 Å². The first-order valence-electron chi connectivity index (χ1n) is 9.29. The van der Waals surface area contributed by atoms with Gasteiger partial charge in [0.05, 0.1) is 18.8 Å². The Morgan fingerprint density at radius 1 is 1.19 bits per heavy atom. The molecule has 1 aliphatic heterocycles. The summed E-state index contributed by atoms with van der Waals surface area (Å²) in [6.45, 7) is 5.13. The molecule has 0 unspecified atom stereocenters. The van der Waals surface area contributed by atoms with E-state index in [0.29, 0.717) is 31.0 Å². The van der Waals surface area contributed by atoms with Crippen molar-refractivity contribution in [1.82, 2.24) is 4.90 Å². The van der Waals surface area contributed by atoms with E-state index in [-0.39, 0.29) is 18.1 Å². The molecule has 0 radical (unpaired) electrons. The van der Waals surface area contributed by atoms with Crippen LogP contribution in [0.4, 0.5) is 0 Å². The van der Waals surface area contributed by atoms with Gasteiger partial charge in [0.15, 0.2) is 6.61 Å². The van der Waals surface area contributed by atoms with E-state index < -0.39 is 5.97 Å². The van der Waals surface area contributed by atoms with E-state index in [1.807, 2.05) is 18.7 Å². The molecule has 2 aliphatic rings. The number of carboxylic acid groups (broad SMARTS) is 1. The third-order valence-electron chi connectivity index (χ3n) is 5.35. The molecule has 0 aromatic heterocycles. The van der Waals surface area contributed by atoms with Crippen molar-refractivity contribution in [3.05, 3.63) is 28.8 Å². The van der Waals surface area contributed by atoms with E-state index in [9.17, 15) is 9.59 Å². The molecule has 1 aromatic rings. The van der Waals surface area contributed by atoms with Gasteiger partial charge in [-0.25, -0.2) is 4.79 Å². The molecule has 142 valence electrons. The lowest BCUT2D eigenvalue weighted by Crippen LogP contribution is -2.54. The largest absolute Gasteiger partial charge is 0.481 e. The van der Waals surface area contributed by atoms with Crippen LogP contribution in [0, 0.1) is 13.8 Å². The molecule has 1 amide bonds. The molecule has 1 N–H and O–H groups in total. The molecular formula is C20H27NO5. The summed E-state index contributed by atoms with van der Waals surface area (Å²) >= 11 is 0. The summed E-state index contributed by atoms with van der Waals surface area (Å²) in [5.74, 6) is -0.473. The van der Waals surface area contributed by atoms with Crippen LogP contribution >= 0.6 is 0 Å². The van der Waals surface area contributed by atoms with Gasteiger partial charge in [-0.15, -0.1) is 0 Å². The molecule has 6 nitrogen and oxygen atoms in total. The minimum atomic E-state index is -1.02. The summed E-state index contributed by atoms with van der Waals surface area (Å²) < 4.78 is 11.4. The van der Waals surface area contributed by atoms with Crippen LogP contribution in [-0.4, -0.2) is 53.8 Å². The smallest absolute Gasteiger partial charge is 0.341 e. The van der Waals surface area contributed by atoms with Gasteiger partial charge in [0.2, 0.25) is 0 Å². The predicted octanol–water partition coefficient (Wildman–Crippen LogP) is 2.94. The van der Waals surface area contributed by atoms with Crippen molar-refractivity contribution in [2.75, 3.05) is 26.3 Å². The molecule has 3 rings (SSSR count). The first-order chi connectivity index (χ1) is 12.4. The van der Waals surface area contributed by atoms with Crippen molar-refractivity contribution in [3.63, 3.8) is 0 Å². The average molecular weight is 361 g/mol. The third-order valence-corrected chi connectivity index (χ3v) is 5.35. The number of carbonyl (C=O) groups is 2. The Morgan fingerprint density at radius 2 is 1.85 bits per heavy atom. The van der Waals surface area contributed by atoms with E-state index in [4.69, 9.17) is 14.6 Å². The highest BCUT2D eigenvalue weighted by Crippen LogP contribution is 2.35. The fraction of sp³-hybridized carbons (Fsp3) is 0.600. The maximum absolute atomic E-state index is 13.0. The van der Waals surface area contributed by atoms with Gasteiger partial charge in [0.25, 0.3) is 5.91 Å². The Morgan fingerprint density at radius 3 is 2.46 bits per heavy atom. The van der Waals surface area contributed by atoms with Crippen LogP contribution in [-0.2, 0) is 9.53 Å².